The first kappa shape index (κ1) is 23.4. The molecule has 3 N–H and O–H groups in total. The standard InChI is InChI=1S/C23H29N5O4S/c1-22(2,15-29)33(31,32)23(8-9-23)14-28-10-7-18-19(26-27-20(18)21(28)30)13-25-12-17-5-3-16(11-24)4-6-17/h3-6,25,29H,7-10,12-15H2,1-2H3,(H,26,27). The van der Waals surface area contributed by atoms with E-state index in [-0.39, 0.29) is 12.5 Å². The maximum absolute atomic E-state index is 13.1. The summed E-state index contributed by atoms with van der Waals surface area (Å²) in [6.45, 7) is 4.31. The number of rotatable bonds is 9. The zero-order valence-electron chi connectivity index (χ0n) is 18.9. The van der Waals surface area contributed by atoms with Gasteiger partial charge in [0.1, 0.15) is 0 Å². The average molecular weight is 472 g/mol. The SMILES string of the molecule is CC(C)(CO)S(=O)(=O)C1(CN2CCc3c(n[nH]c3CNCc3ccc(C#N)cc3)C2=O)CC1. The summed E-state index contributed by atoms with van der Waals surface area (Å²) in [4.78, 5) is 14.7. The van der Waals surface area contributed by atoms with Gasteiger partial charge in [0.15, 0.2) is 15.5 Å². The minimum Gasteiger partial charge on any atom is -0.395 e. The Bertz CT molecular complexity index is 1190. The Morgan fingerprint density at radius 2 is 1.97 bits per heavy atom. The highest BCUT2D eigenvalue weighted by molar-refractivity contribution is 7.94. The Labute approximate surface area is 193 Å². The Kier molecular flexibility index (Phi) is 6.07. The van der Waals surface area contributed by atoms with Gasteiger partial charge in [-0.05, 0) is 50.8 Å². The zero-order chi connectivity index (χ0) is 23.9. The van der Waals surface area contributed by atoms with Crippen LogP contribution in [0.2, 0.25) is 0 Å². The number of aromatic amines is 1. The Hall–Kier alpha value is -2.74. The first-order valence-electron chi connectivity index (χ1n) is 11.0. The van der Waals surface area contributed by atoms with E-state index in [1.54, 1.807) is 17.0 Å². The van der Waals surface area contributed by atoms with Gasteiger partial charge in [0.25, 0.3) is 5.91 Å². The third kappa shape index (κ3) is 4.16. The van der Waals surface area contributed by atoms with Crippen molar-refractivity contribution < 1.29 is 18.3 Å². The number of nitriles is 1. The molecule has 1 amide bonds. The molecular weight excluding hydrogens is 442 g/mol. The molecule has 9 nitrogen and oxygen atoms in total. The maximum Gasteiger partial charge on any atom is 0.274 e. The molecule has 176 valence electrons. The van der Waals surface area contributed by atoms with Crippen LogP contribution in [0.1, 0.15) is 59.6 Å². The van der Waals surface area contributed by atoms with Crippen molar-refractivity contribution in [2.24, 2.45) is 0 Å². The fourth-order valence-corrected chi connectivity index (χ4v) is 6.65. The monoisotopic (exact) mass is 471 g/mol. The molecule has 2 aromatic rings. The van der Waals surface area contributed by atoms with Gasteiger partial charge in [-0.1, -0.05) is 12.1 Å². The van der Waals surface area contributed by atoms with Gasteiger partial charge >= 0.3 is 0 Å². The van der Waals surface area contributed by atoms with Crippen LogP contribution in [0.3, 0.4) is 0 Å². The molecule has 1 aliphatic heterocycles. The summed E-state index contributed by atoms with van der Waals surface area (Å²) in [7, 11) is -3.61. The quantitative estimate of drug-likeness (QED) is 0.501. The topological polar surface area (TPSA) is 139 Å². The number of H-pyrrole nitrogens is 1. The molecule has 1 aliphatic carbocycles. The molecule has 0 saturated heterocycles. The Morgan fingerprint density at radius 3 is 2.58 bits per heavy atom. The minimum absolute atomic E-state index is 0.135. The van der Waals surface area contributed by atoms with Crippen LogP contribution in [-0.2, 0) is 29.3 Å². The maximum atomic E-state index is 13.1. The number of hydrogen-bond donors (Lipinski definition) is 3. The van der Waals surface area contributed by atoms with Crippen molar-refractivity contribution in [3.05, 3.63) is 52.3 Å². The van der Waals surface area contributed by atoms with Crippen LogP contribution in [0.5, 0.6) is 0 Å². The van der Waals surface area contributed by atoms with Crippen LogP contribution >= 0.6 is 0 Å². The number of nitrogens with zero attached hydrogens (tertiary/aromatic N) is 3. The highest BCUT2D eigenvalue weighted by Crippen LogP contribution is 2.49. The van der Waals surface area contributed by atoms with Crippen LogP contribution in [0.4, 0.5) is 0 Å². The van der Waals surface area contributed by atoms with Crippen molar-refractivity contribution in [1.82, 2.24) is 20.4 Å². The number of fused-ring (bicyclic) bond motifs is 1. The van der Waals surface area contributed by atoms with E-state index in [4.69, 9.17) is 5.26 Å². The van der Waals surface area contributed by atoms with Crippen LogP contribution in [0, 0.1) is 11.3 Å². The second-order valence-electron chi connectivity index (χ2n) is 9.52. The molecular formula is C23H29N5O4S. The van der Waals surface area contributed by atoms with Crippen molar-refractivity contribution in [3.63, 3.8) is 0 Å². The van der Waals surface area contributed by atoms with Gasteiger partial charge in [-0.15, -0.1) is 0 Å². The summed E-state index contributed by atoms with van der Waals surface area (Å²) >= 11 is 0. The Morgan fingerprint density at radius 1 is 1.27 bits per heavy atom. The predicted molar refractivity (Wildman–Crippen MR) is 122 cm³/mol. The molecule has 1 aromatic carbocycles. The van der Waals surface area contributed by atoms with Crippen molar-refractivity contribution in [2.75, 3.05) is 19.7 Å². The molecule has 0 unspecified atom stereocenters. The summed E-state index contributed by atoms with van der Waals surface area (Å²) in [6.07, 6.45) is 1.60. The van der Waals surface area contributed by atoms with E-state index < -0.39 is 25.9 Å². The minimum atomic E-state index is -3.61. The molecule has 0 bridgehead atoms. The summed E-state index contributed by atoms with van der Waals surface area (Å²) in [5.74, 6) is -0.255. The second-order valence-corrected chi connectivity index (χ2v) is 12.5. The van der Waals surface area contributed by atoms with Gasteiger partial charge in [0, 0.05) is 31.7 Å². The summed E-state index contributed by atoms with van der Waals surface area (Å²) in [6, 6.07) is 9.44. The summed E-state index contributed by atoms with van der Waals surface area (Å²) < 4.78 is 24.0. The predicted octanol–water partition coefficient (Wildman–Crippen LogP) is 1.29. The van der Waals surface area contributed by atoms with E-state index >= 15 is 0 Å². The largest absolute Gasteiger partial charge is 0.395 e. The number of aliphatic hydroxyl groups excluding tert-OH is 1. The number of nitrogens with one attached hydrogen (secondary N) is 2. The molecule has 2 heterocycles. The van der Waals surface area contributed by atoms with Crippen LogP contribution in [-0.4, -0.2) is 63.7 Å². The van der Waals surface area contributed by atoms with E-state index in [2.05, 4.69) is 21.6 Å². The number of sulfone groups is 1. The van der Waals surface area contributed by atoms with Gasteiger partial charge in [-0.25, -0.2) is 8.42 Å². The lowest BCUT2D eigenvalue weighted by Crippen LogP contribution is -2.51. The first-order valence-corrected chi connectivity index (χ1v) is 12.5. The van der Waals surface area contributed by atoms with E-state index in [0.717, 1.165) is 16.8 Å². The molecule has 0 radical (unpaired) electrons. The molecule has 0 atom stereocenters. The molecule has 33 heavy (non-hydrogen) atoms. The third-order valence-electron chi connectivity index (χ3n) is 6.75. The van der Waals surface area contributed by atoms with Crippen molar-refractivity contribution in [3.8, 4) is 6.07 Å². The van der Waals surface area contributed by atoms with Gasteiger partial charge < -0.3 is 15.3 Å². The number of carbonyl (C=O) groups excluding carboxylic acids is 1. The van der Waals surface area contributed by atoms with Crippen molar-refractivity contribution >= 4 is 15.7 Å². The number of hydrogen-bond acceptors (Lipinski definition) is 7. The molecule has 4 rings (SSSR count). The van der Waals surface area contributed by atoms with Gasteiger partial charge in [-0.3, -0.25) is 9.89 Å². The van der Waals surface area contributed by atoms with Crippen molar-refractivity contribution in [2.45, 2.75) is 55.7 Å². The lowest BCUT2D eigenvalue weighted by Gasteiger charge is -2.34. The Balaban J connectivity index is 1.41. The molecule has 1 saturated carbocycles. The number of amides is 1. The van der Waals surface area contributed by atoms with Gasteiger partial charge in [0.05, 0.1) is 33.4 Å². The normalized spacial score (nSPS) is 17.5. The van der Waals surface area contributed by atoms with Crippen LogP contribution in [0.25, 0.3) is 0 Å². The molecule has 1 aromatic heterocycles. The summed E-state index contributed by atoms with van der Waals surface area (Å²) in [5, 5.41) is 29.0. The van der Waals surface area contributed by atoms with E-state index in [9.17, 15) is 18.3 Å². The zero-order valence-corrected chi connectivity index (χ0v) is 19.7. The number of carbonyl (C=O) groups is 1. The smallest absolute Gasteiger partial charge is 0.274 e. The molecule has 1 fully saturated rings. The van der Waals surface area contributed by atoms with E-state index in [1.807, 2.05) is 12.1 Å². The lowest BCUT2D eigenvalue weighted by atomic mass is 10.0. The van der Waals surface area contributed by atoms with E-state index in [0.29, 0.717) is 50.2 Å². The fraction of sp³-hybridized carbons (Fsp3) is 0.522. The number of benzene rings is 1. The first-order chi connectivity index (χ1) is 15.6. The fourth-order valence-electron chi connectivity index (χ4n) is 4.34. The average Bonchev–Trinajstić information content (AvgIpc) is 3.49. The van der Waals surface area contributed by atoms with Crippen LogP contribution < -0.4 is 5.32 Å². The number of aliphatic hydroxyl groups is 1. The number of aromatic nitrogens is 2. The van der Waals surface area contributed by atoms with Gasteiger partial charge in [0.2, 0.25) is 0 Å². The molecule has 2 aliphatic rings. The van der Waals surface area contributed by atoms with Crippen LogP contribution in [0.15, 0.2) is 24.3 Å². The third-order valence-corrected chi connectivity index (χ3v) is 10.0. The molecule has 0 spiro atoms. The lowest BCUT2D eigenvalue weighted by molar-refractivity contribution is 0.0729. The molecule has 10 heteroatoms. The van der Waals surface area contributed by atoms with Gasteiger partial charge in [-0.2, -0.15) is 10.4 Å². The van der Waals surface area contributed by atoms with E-state index in [1.165, 1.54) is 13.8 Å². The van der Waals surface area contributed by atoms with Crippen molar-refractivity contribution in [1.29, 1.82) is 5.26 Å². The highest BCUT2D eigenvalue weighted by Gasteiger charge is 2.60. The summed E-state index contributed by atoms with van der Waals surface area (Å²) in [5.41, 5.74) is 3.73. The highest BCUT2D eigenvalue weighted by atomic mass is 32.2. The second kappa shape index (κ2) is 8.56.